The third kappa shape index (κ3) is 4.75. The topological polar surface area (TPSA) is 70.1 Å². The molecule has 164 valence electrons. The first kappa shape index (κ1) is 21.4. The van der Waals surface area contributed by atoms with Crippen LogP contribution in [0.25, 0.3) is 10.2 Å². The molecular weight excluding hydrogens is 416 g/mol. The molecule has 0 spiro atoms. The minimum Gasteiger partial charge on any atom is -0.495 e. The average molecular weight is 443 g/mol. The SMILES string of the molecule is COc1ccc(OC)c2sc(N(CC3CCCO3)C(=O)COc3cccc(C)c3)nc12. The van der Waals surface area contributed by atoms with Gasteiger partial charge in [0.15, 0.2) is 11.7 Å². The van der Waals surface area contributed by atoms with Gasteiger partial charge in [-0.15, -0.1) is 0 Å². The fraction of sp³-hybridized carbons (Fsp3) is 0.391. The lowest BCUT2D eigenvalue weighted by molar-refractivity contribution is -0.120. The lowest BCUT2D eigenvalue weighted by Crippen LogP contribution is -2.40. The summed E-state index contributed by atoms with van der Waals surface area (Å²) in [7, 11) is 3.22. The molecule has 2 aromatic carbocycles. The number of hydrogen-bond donors (Lipinski definition) is 0. The standard InChI is InChI=1S/C23H26N2O5S/c1-15-6-4-7-16(12-15)30-14-20(26)25(13-17-8-5-11-29-17)23-24-21-18(27-2)9-10-19(28-3)22(21)31-23/h4,6-7,9-10,12,17H,5,8,11,13-14H2,1-3H3. The lowest BCUT2D eigenvalue weighted by atomic mass is 10.2. The van der Waals surface area contributed by atoms with E-state index in [2.05, 4.69) is 0 Å². The van der Waals surface area contributed by atoms with Gasteiger partial charge in [-0.2, -0.15) is 0 Å². The minimum atomic E-state index is -0.172. The second-order valence-corrected chi connectivity index (χ2v) is 8.37. The van der Waals surface area contributed by atoms with Gasteiger partial charge < -0.3 is 18.9 Å². The number of carbonyl (C=O) groups excluding carboxylic acids is 1. The van der Waals surface area contributed by atoms with Crippen molar-refractivity contribution in [3.05, 3.63) is 42.0 Å². The van der Waals surface area contributed by atoms with Crippen molar-refractivity contribution in [3.63, 3.8) is 0 Å². The number of aromatic nitrogens is 1. The quantitative estimate of drug-likeness (QED) is 0.520. The van der Waals surface area contributed by atoms with Crippen LogP contribution in [0.2, 0.25) is 0 Å². The molecule has 1 aliphatic heterocycles. The summed E-state index contributed by atoms with van der Waals surface area (Å²) >= 11 is 1.40. The molecule has 2 heterocycles. The summed E-state index contributed by atoms with van der Waals surface area (Å²) in [5, 5.41) is 0.575. The second kappa shape index (κ2) is 9.53. The van der Waals surface area contributed by atoms with Gasteiger partial charge in [0.1, 0.15) is 27.5 Å². The number of methoxy groups -OCH3 is 2. The van der Waals surface area contributed by atoms with Crippen LogP contribution in [0.4, 0.5) is 5.13 Å². The van der Waals surface area contributed by atoms with Crippen molar-refractivity contribution in [2.75, 3.05) is 38.9 Å². The maximum Gasteiger partial charge on any atom is 0.266 e. The zero-order chi connectivity index (χ0) is 21.8. The van der Waals surface area contributed by atoms with E-state index in [1.54, 1.807) is 19.1 Å². The summed E-state index contributed by atoms with van der Waals surface area (Å²) in [6, 6.07) is 11.3. The Morgan fingerprint density at radius 3 is 2.74 bits per heavy atom. The number of thiazole rings is 1. The van der Waals surface area contributed by atoms with Gasteiger partial charge in [-0.1, -0.05) is 23.5 Å². The van der Waals surface area contributed by atoms with Crippen molar-refractivity contribution in [1.82, 2.24) is 4.98 Å². The second-order valence-electron chi connectivity index (χ2n) is 7.39. The Kier molecular flexibility index (Phi) is 6.58. The first-order valence-electron chi connectivity index (χ1n) is 10.2. The number of aryl methyl sites for hydroxylation is 1. The van der Waals surface area contributed by atoms with Crippen LogP contribution in [-0.4, -0.2) is 51.0 Å². The van der Waals surface area contributed by atoms with E-state index in [1.807, 2.05) is 43.3 Å². The van der Waals surface area contributed by atoms with E-state index in [9.17, 15) is 4.79 Å². The van der Waals surface area contributed by atoms with Crippen molar-refractivity contribution in [2.45, 2.75) is 25.9 Å². The number of amides is 1. The molecular formula is C23H26N2O5S. The van der Waals surface area contributed by atoms with Gasteiger partial charge in [0, 0.05) is 6.61 Å². The Balaban J connectivity index is 1.63. The Labute approximate surface area is 185 Å². The van der Waals surface area contributed by atoms with Crippen LogP contribution in [0.15, 0.2) is 36.4 Å². The Morgan fingerprint density at radius 2 is 2.03 bits per heavy atom. The van der Waals surface area contributed by atoms with Crippen LogP contribution in [0.3, 0.4) is 0 Å². The van der Waals surface area contributed by atoms with E-state index in [1.165, 1.54) is 11.3 Å². The van der Waals surface area contributed by atoms with E-state index in [0.29, 0.717) is 41.0 Å². The van der Waals surface area contributed by atoms with E-state index in [0.717, 1.165) is 23.1 Å². The smallest absolute Gasteiger partial charge is 0.266 e. The Bertz CT molecular complexity index is 1020. The number of ether oxygens (including phenoxy) is 4. The van der Waals surface area contributed by atoms with Crippen molar-refractivity contribution in [1.29, 1.82) is 0 Å². The molecule has 0 N–H and O–H groups in total. The summed E-state index contributed by atoms with van der Waals surface area (Å²) in [4.78, 5) is 19.6. The van der Waals surface area contributed by atoms with Gasteiger partial charge in [0.2, 0.25) is 0 Å². The monoisotopic (exact) mass is 442 g/mol. The van der Waals surface area contributed by atoms with Gasteiger partial charge in [0.25, 0.3) is 5.91 Å². The van der Waals surface area contributed by atoms with Crippen molar-refractivity contribution in [2.24, 2.45) is 0 Å². The van der Waals surface area contributed by atoms with Crippen molar-refractivity contribution < 1.29 is 23.7 Å². The molecule has 1 aromatic heterocycles. The first-order valence-corrected chi connectivity index (χ1v) is 11.0. The van der Waals surface area contributed by atoms with Crippen molar-refractivity contribution in [3.8, 4) is 17.2 Å². The van der Waals surface area contributed by atoms with Gasteiger partial charge in [-0.05, 0) is 49.6 Å². The molecule has 1 fully saturated rings. The zero-order valence-corrected chi connectivity index (χ0v) is 18.7. The number of nitrogens with zero attached hydrogens (tertiary/aromatic N) is 2. The molecule has 7 nitrogen and oxygen atoms in total. The third-order valence-electron chi connectivity index (χ3n) is 5.19. The van der Waals surface area contributed by atoms with E-state index >= 15 is 0 Å². The highest BCUT2D eigenvalue weighted by Crippen LogP contribution is 2.40. The summed E-state index contributed by atoms with van der Waals surface area (Å²) in [5.74, 6) is 1.82. The Morgan fingerprint density at radius 1 is 1.23 bits per heavy atom. The van der Waals surface area contributed by atoms with Gasteiger partial charge in [0.05, 0.1) is 26.9 Å². The minimum absolute atomic E-state index is 0.0151. The molecule has 1 saturated heterocycles. The molecule has 3 aromatic rings. The van der Waals surface area contributed by atoms with Crippen molar-refractivity contribution >= 4 is 32.6 Å². The predicted molar refractivity (Wildman–Crippen MR) is 121 cm³/mol. The number of benzene rings is 2. The van der Waals surface area contributed by atoms with Gasteiger partial charge in [-0.3, -0.25) is 9.69 Å². The van der Waals surface area contributed by atoms with Gasteiger partial charge >= 0.3 is 0 Å². The van der Waals surface area contributed by atoms with Crippen LogP contribution in [0, 0.1) is 6.92 Å². The maximum atomic E-state index is 13.2. The molecule has 0 bridgehead atoms. The summed E-state index contributed by atoms with van der Waals surface area (Å²) in [6.07, 6.45) is 1.90. The highest BCUT2D eigenvalue weighted by atomic mass is 32.1. The molecule has 0 aliphatic carbocycles. The van der Waals surface area contributed by atoms with Crippen LogP contribution in [-0.2, 0) is 9.53 Å². The number of rotatable bonds is 8. The molecule has 1 aliphatic rings. The largest absolute Gasteiger partial charge is 0.495 e. The number of hydrogen-bond acceptors (Lipinski definition) is 7. The highest BCUT2D eigenvalue weighted by molar-refractivity contribution is 7.22. The molecule has 0 saturated carbocycles. The Hall–Kier alpha value is -2.84. The van der Waals surface area contributed by atoms with Crippen LogP contribution < -0.4 is 19.1 Å². The molecule has 1 atom stereocenters. The molecule has 8 heteroatoms. The summed E-state index contributed by atoms with van der Waals surface area (Å²) in [5.41, 5.74) is 1.75. The van der Waals surface area contributed by atoms with Crippen LogP contribution in [0.1, 0.15) is 18.4 Å². The fourth-order valence-corrected chi connectivity index (χ4v) is 4.70. The fourth-order valence-electron chi connectivity index (χ4n) is 3.60. The van der Waals surface area contributed by atoms with Crippen LogP contribution >= 0.6 is 11.3 Å². The molecule has 1 amide bonds. The average Bonchev–Trinajstić information content (AvgIpc) is 3.45. The van der Waals surface area contributed by atoms with Crippen LogP contribution in [0.5, 0.6) is 17.2 Å². The normalized spacial score (nSPS) is 15.8. The highest BCUT2D eigenvalue weighted by Gasteiger charge is 2.27. The van der Waals surface area contributed by atoms with Gasteiger partial charge in [-0.25, -0.2) is 4.98 Å². The number of carbonyl (C=O) groups is 1. The lowest BCUT2D eigenvalue weighted by Gasteiger charge is -2.23. The summed E-state index contributed by atoms with van der Waals surface area (Å²) < 4.78 is 23.4. The third-order valence-corrected chi connectivity index (χ3v) is 6.29. The molecule has 31 heavy (non-hydrogen) atoms. The first-order chi connectivity index (χ1) is 15.1. The predicted octanol–water partition coefficient (Wildman–Crippen LogP) is 4.21. The number of fused-ring (bicyclic) bond motifs is 1. The molecule has 4 rings (SSSR count). The van der Waals surface area contributed by atoms with E-state index in [4.69, 9.17) is 23.9 Å². The summed E-state index contributed by atoms with van der Waals surface area (Å²) in [6.45, 7) is 3.05. The van der Waals surface area contributed by atoms with E-state index in [-0.39, 0.29) is 18.6 Å². The molecule has 1 unspecified atom stereocenters. The zero-order valence-electron chi connectivity index (χ0n) is 17.9. The number of anilines is 1. The maximum absolute atomic E-state index is 13.2. The van der Waals surface area contributed by atoms with E-state index < -0.39 is 0 Å². The molecule has 0 radical (unpaired) electrons.